The van der Waals surface area contributed by atoms with E-state index in [9.17, 15) is 19.5 Å². The van der Waals surface area contributed by atoms with Gasteiger partial charge in [0, 0.05) is 6.92 Å². The number of aliphatic hydroxyl groups excluding tert-OH is 1. The Kier molecular flexibility index (Phi) is 6.58. The topological polar surface area (TPSA) is 108 Å². The van der Waals surface area contributed by atoms with Gasteiger partial charge < -0.3 is 24.1 Å². The van der Waals surface area contributed by atoms with Crippen molar-refractivity contribution in [1.29, 1.82) is 0 Å². The highest BCUT2D eigenvalue weighted by atomic mass is 16.7. The van der Waals surface area contributed by atoms with Crippen LogP contribution in [0.5, 0.6) is 0 Å². The Morgan fingerprint density at radius 2 is 1.41 bits per heavy atom. The average molecular weight is 400 g/mol. The zero-order valence-electron chi connectivity index (χ0n) is 15.6. The molecule has 0 spiro atoms. The van der Waals surface area contributed by atoms with Gasteiger partial charge >= 0.3 is 17.9 Å². The first kappa shape index (κ1) is 20.5. The number of ether oxygens (including phenoxy) is 4. The lowest BCUT2D eigenvalue weighted by Gasteiger charge is -2.22. The predicted octanol–water partition coefficient (Wildman–Crippen LogP) is 1.72. The van der Waals surface area contributed by atoms with Crippen molar-refractivity contribution < 1.29 is 38.4 Å². The van der Waals surface area contributed by atoms with Crippen LogP contribution in [0.1, 0.15) is 27.6 Å². The second-order valence-electron chi connectivity index (χ2n) is 6.34. The van der Waals surface area contributed by atoms with Crippen LogP contribution in [0.15, 0.2) is 60.7 Å². The second kappa shape index (κ2) is 9.31. The second-order valence-corrected chi connectivity index (χ2v) is 6.34. The van der Waals surface area contributed by atoms with Gasteiger partial charge in [-0.2, -0.15) is 0 Å². The van der Waals surface area contributed by atoms with Crippen LogP contribution < -0.4 is 0 Å². The molecule has 0 aliphatic carbocycles. The van der Waals surface area contributed by atoms with Crippen LogP contribution in [-0.4, -0.2) is 54.2 Å². The van der Waals surface area contributed by atoms with Gasteiger partial charge in [-0.05, 0) is 24.3 Å². The Hall–Kier alpha value is -3.23. The Labute approximate surface area is 167 Å². The normalized spacial score (nSPS) is 23.2. The molecule has 1 aliphatic heterocycles. The summed E-state index contributed by atoms with van der Waals surface area (Å²) in [5.74, 6) is -1.97. The maximum Gasteiger partial charge on any atom is 0.338 e. The van der Waals surface area contributed by atoms with Gasteiger partial charge in [0.1, 0.15) is 12.7 Å². The number of esters is 3. The van der Waals surface area contributed by atoms with E-state index in [1.54, 1.807) is 60.7 Å². The van der Waals surface area contributed by atoms with E-state index in [1.165, 1.54) is 0 Å². The van der Waals surface area contributed by atoms with E-state index in [1.807, 2.05) is 0 Å². The van der Waals surface area contributed by atoms with Crippen LogP contribution in [0.4, 0.5) is 0 Å². The lowest BCUT2D eigenvalue weighted by molar-refractivity contribution is -0.170. The Balaban J connectivity index is 1.72. The van der Waals surface area contributed by atoms with E-state index in [4.69, 9.17) is 18.9 Å². The zero-order valence-corrected chi connectivity index (χ0v) is 15.6. The van der Waals surface area contributed by atoms with Gasteiger partial charge in [0.25, 0.3) is 0 Å². The van der Waals surface area contributed by atoms with E-state index in [0.29, 0.717) is 5.56 Å². The highest BCUT2D eigenvalue weighted by Crippen LogP contribution is 2.27. The first-order valence-electron chi connectivity index (χ1n) is 8.94. The van der Waals surface area contributed by atoms with E-state index in [-0.39, 0.29) is 12.2 Å². The lowest BCUT2D eigenvalue weighted by atomic mass is 10.1. The number of benzene rings is 2. The van der Waals surface area contributed by atoms with E-state index < -0.39 is 42.5 Å². The first-order chi connectivity index (χ1) is 14.0. The largest absolute Gasteiger partial charge is 0.459 e. The highest BCUT2D eigenvalue weighted by molar-refractivity contribution is 5.90. The van der Waals surface area contributed by atoms with Crippen molar-refractivity contribution in [3.63, 3.8) is 0 Å². The molecule has 1 heterocycles. The van der Waals surface area contributed by atoms with Crippen LogP contribution >= 0.6 is 0 Å². The minimum absolute atomic E-state index is 0.274. The molecule has 4 atom stereocenters. The lowest BCUT2D eigenvalue weighted by Crippen LogP contribution is -2.41. The Morgan fingerprint density at radius 1 is 0.862 bits per heavy atom. The molecule has 2 aromatic carbocycles. The summed E-state index contributed by atoms with van der Waals surface area (Å²) >= 11 is 0. The smallest absolute Gasteiger partial charge is 0.338 e. The standard InChI is InChI=1S/C21H20O8/c1-13(22)27-18-17(29-20(24)15-10-6-3-7-11-15)16(28-21(18)25)12-26-19(23)14-8-4-2-5-9-14/h2-11,16-18,21,25H,12H2,1H3/t16?,17?,18-,21?/m1/s1. The van der Waals surface area contributed by atoms with Gasteiger partial charge in [0.05, 0.1) is 11.1 Å². The molecule has 3 rings (SSSR count). The van der Waals surface area contributed by atoms with Crippen LogP contribution in [-0.2, 0) is 23.7 Å². The molecule has 0 saturated carbocycles. The summed E-state index contributed by atoms with van der Waals surface area (Å²) in [5.41, 5.74) is 0.607. The fourth-order valence-electron chi connectivity index (χ4n) is 2.88. The molecule has 1 fully saturated rings. The average Bonchev–Trinajstić information content (AvgIpc) is 3.01. The van der Waals surface area contributed by atoms with Crippen molar-refractivity contribution in [3.05, 3.63) is 71.8 Å². The van der Waals surface area contributed by atoms with Gasteiger partial charge in [-0.25, -0.2) is 9.59 Å². The molecule has 1 saturated heterocycles. The molecule has 1 aliphatic rings. The zero-order chi connectivity index (χ0) is 20.8. The van der Waals surface area contributed by atoms with Crippen molar-refractivity contribution in [2.75, 3.05) is 6.61 Å². The minimum atomic E-state index is -1.53. The Bertz CT molecular complexity index is 851. The van der Waals surface area contributed by atoms with Crippen molar-refractivity contribution in [2.45, 2.75) is 31.5 Å². The molecule has 3 unspecified atom stereocenters. The molecule has 1 N–H and O–H groups in total. The number of rotatable bonds is 6. The van der Waals surface area contributed by atoms with E-state index >= 15 is 0 Å². The first-order valence-corrected chi connectivity index (χ1v) is 8.94. The molecule has 152 valence electrons. The Morgan fingerprint density at radius 3 is 1.97 bits per heavy atom. The summed E-state index contributed by atoms with van der Waals surface area (Å²) in [4.78, 5) is 36.0. The van der Waals surface area contributed by atoms with Gasteiger partial charge in [-0.3, -0.25) is 4.79 Å². The van der Waals surface area contributed by atoms with Crippen LogP contribution in [0.25, 0.3) is 0 Å². The number of hydrogen-bond donors (Lipinski definition) is 1. The van der Waals surface area contributed by atoms with E-state index in [2.05, 4.69) is 0 Å². The number of carbonyl (C=O) groups excluding carboxylic acids is 3. The molecule has 29 heavy (non-hydrogen) atoms. The molecule has 0 bridgehead atoms. The molecule has 0 amide bonds. The van der Waals surface area contributed by atoms with Crippen LogP contribution in [0, 0.1) is 0 Å². The predicted molar refractivity (Wildman–Crippen MR) is 98.8 cm³/mol. The monoisotopic (exact) mass is 400 g/mol. The van der Waals surface area contributed by atoms with Crippen molar-refractivity contribution in [3.8, 4) is 0 Å². The van der Waals surface area contributed by atoms with Gasteiger partial charge in [-0.1, -0.05) is 36.4 Å². The molecule has 8 nitrogen and oxygen atoms in total. The molecule has 0 aromatic heterocycles. The summed E-state index contributed by atoms with van der Waals surface area (Å²) in [6, 6.07) is 16.5. The number of aliphatic hydroxyl groups is 1. The van der Waals surface area contributed by atoms with Gasteiger partial charge in [0.2, 0.25) is 0 Å². The summed E-state index contributed by atoms with van der Waals surface area (Å²) in [5, 5.41) is 10.1. The van der Waals surface area contributed by atoms with Gasteiger partial charge in [-0.15, -0.1) is 0 Å². The summed E-state index contributed by atoms with van der Waals surface area (Å²) in [6.07, 6.45) is -4.96. The quantitative estimate of drug-likeness (QED) is 0.577. The third kappa shape index (κ3) is 5.18. The third-order valence-electron chi connectivity index (χ3n) is 4.23. The molecular weight excluding hydrogens is 380 g/mol. The molecular formula is C21H20O8. The summed E-state index contributed by atoms with van der Waals surface area (Å²) in [7, 11) is 0. The summed E-state index contributed by atoms with van der Waals surface area (Å²) < 4.78 is 21.1. The van der Waals surface area contributed by atoms with Crippen molar-refractivity contribution in [1.82, 2.24) is 0 Å². The van der Waals surface area contributed by atoms with E-state index in [0.717, 1.165) is 6.92 Å². The fourth-order valence-corrected chi connectivity index (χ4v) is 2.88. The number of hydrogen-bond acceptors (Lipinski definition) is 8. The number of carbonyl (C=O) groups is 3. The molecule has 2 aromatic rings. The van der Waals surface area contributed by atoms with Gasteiger partial charge in [0.15, 0.2) is 18.5 Å². The SMILES string of the molecule is CC(=O)O[C@H]1C(O)OC(COC(=O)c2ccccc2)C1OC(=O)c1ccccc1. The third-order valence-corrected chi connectivity index (χ3v) is 4.23. The highest BCUT2D eigenvalue weighted by Gasteiger charge is 2.49. The van der Waals surface area contributed by atoms with Crippen LogP contribution in [0.2, 0.25) is 0 Å². The van der Waals surface area contributed by atoms with Crippen LogP contribution in [0.3, 0.4) is 0 Å². The molecule has 0 radical (unpaired) electrons. The molecule has 8 heteroatoms. The maximum atomic E-state index is 12.4. The summed E-state index contributed by atoms with van der Waals surface area (Å²) in [6.45, 7) is 0.848. The van der Waals surface area contributed by atoms with Crippen molar-refractivity contribution in [2.24, 2.45) is 0 Å². The van der Waals surface area contributed by atoms with Crippen molar-refractivity contribution >= 4 is 17.9 Å². The fraction of sp³-hybridized carbons (Fsp3) is 0.286. The maximum absolute atomic E-state index is 12.4. The minimum Gasteiger partial charge on any atom is -0.459 e.